The normalized spacial score (nSPS) is 18.4. The van der Waals surface area contributed by atoms with E-state index in [-0.39, 0.29) is 17.6 Å². The Morgan fingerprint density at radius 2 is 1.57 bits per heavy atom. The van der Waals surface area contributed by atoms with Crippen molar-refractivity contribution in [2.45, 2.75) is 19.8 Å². The minimum atomic E-state index is 0.0802. The Morgan fingerprint density at radius 1 is 0.867 bits per heavy atom. The number of piperazine rings is 1. The highest BCUT2D eigenvalue weighted by atomic mass is 16.2. The van der Waals surface area contributed by atoms with Gasteiger partial charge < -0.3 is 9.80 Å². The summed E-state index contributed by atoms with van der Waals surface area (Å²) in [6.07, 6.45) is 1.67. The first-order chi connectivity index (χ1) is 14.6. The van der Waals surface area contributed by atoms with Gasteiger partial charge in [-0.25, -0.2) is 0 Å². The van der Waals surface area contributed by atoms with Crippen LogP contribution in [0.3, 0.4) is 0 Å². The highest BCUT2D eigenvalue weighted by Gasteiger charge is 2.28. The van der Waals surface area contributed by atoms with Gasteiger partial charge in [-0.05, 0) is 50.6 Å². The van der Waals surface area contributed by atoms with Crippen LogP contribution in [-0.2, 0) is 4.79 Å². The molecule has 2 fully saturated rings. The maximum Gasteiger partial charge on any atom is 0.236 e. The molecule has 2 aliphatic heterocycles. The number of carbonyl (C=O) groups excluding carboxylic acids is 2. The van der Waals surface area contributed by atoms with Crippen molar-refractivity contribution < 1.29 is 9.59 Å². The van der Waals surface area contributed by atoms with Crippen molar-refractivity contribution in [1.29, 1.82) is 0 Å². The first-order valence-electron chi connectivity index (χ1n) is 11.0. The summed E-state index contributed by atoms with van der Waals surface area (Å²) in [4.78, 5) is 32.0. The Hall–Kier alpha value is -2.66. The summed E-state index contributed by atoms with van der Waals surface area (Å²) in [6, 6.07) is 18.1. The lowest BCUT2D eigenvalue weighted by Crippen LogP contribution is -2.52. The van der Waals surface area contributed by atoms with Crippen LogP contribution in [0.4, 0.5) is 5.69 Å². The highest BCUT2D eigenvalue weighted by molar-refractivity contribution is 5.97. The zero-order valence-corrected chi connectivity index (χ0v) is 17.8. The van der Waals surface area contributed by atoms with E-state index in [4.69, 9.17) is 0 Å². The lowest BCUT2D eigenvalue weighted by atomic mass is 9.89. The third-order valence-corrected chi connectivity index (χ3v) is 6.37. The predicted molar refractivity (Wildman–Crippen MR) is 120 cm³/mol. The molecule has 2 heterocycles. The van der Waals surface area contributed by atoms with Gasteiger partial charge >= 0.3 is 0 Å². The predicted octanol–water partition coefficient (Wildman–Crippen LogP) is 3.24. The number of piperidine rings is 1. The van der Waals surface area contributed by atoms with Gasteiger partial charge in [0.05, 0.1) is 6.54 Å². The third kappa shape index (κ3) is 4.90. The van der Waals surface area contributed by atoms with Crippen molar-refractivity contribution in [2.75, 3.05) is 50.7 Å². The molecule has 5 heteroatoms. The molecule has 1 amide bonds. The molecule has 2 saturated heterocycles. The second-order valence-corrected chi connectivity index (χ2v) is 8.49. The molecule has 0 radical (unpaired) electrons. The van der Waals surface area contributed by atoms with Gasteiger partial charge in [-0.15, -0.1) is 0 Å². The molecule has 2 aromatic carbocycles. The Kier molecular flexibility index (Phi) is 6.48. The molecule has 0 bridgehead atoms. The molecule has 0 saturated carbocycles. The van der Waals surface area contributed by atoms with Gasteiger partial charge in [0.15, 0.2) is 5.78 Å². The minimum Gasteiger partial charge on any atom is -0.368 e. The maximum atomic E-state index is 12.8. The molecule has 0 atom stereocenters. The number of amides is 1. The summed E-state index contributed by atoms with van der Waals surface area (Å²) >= 11 is 0. The number of benzene rings is 2. The Morgan fingerprint density at radius 3 is 2.23 bits per heavy atom. The molecule has 0 N–H and O–H groups in total. The van der Waals surface area contributed by atoms with Crippen molar-refractivity contribution in [3.63, 3.8) is 0 Å². The molecular weight excluding hydrogens is 374 g/mol. The minimum absolute atomic E-state index is 0.0802. The molecule has 30 heavy (non-hydrogen) atoms. The van der Waals surface area contributed by atoms with Crippen LogP contribution in [0.5, 0.6) is 0 Å². The smallest absolute Gasteiger partial charge is 0.236 e. The first kappa shape index (κ1) is 20.6. The highest BCUT2D eigenvalue weighted by Crippen LogP contribution is 2.22. The maximum absolute atomic E-state index is 12.8. The van der Waals surface area contributed by atoms with Crippen LogP contribution in [0.15, 0.2) is 54.6 Å². The van der Waals surface area contributed by atoms with Crippen LogP contribution in [0.25, 0.3) is 0 Å². The topological polar surface area (TPSA) is 43.9 Å². The summed E-state index contributed by atoms with van der Waals surface area (Å²) in [5.41, 5.74) is 3.31. The number of hydrogen-bond acceptors (Lipinski definition) is 4. The zero-order chi connectivity index (χ0) is 20.9. The number of aryl methyl sites for hydroxylation is 1. The summed E-state index contributed by atoms with van der Waals surface area (Å²) < 4.78 is 0. The number of likely N-dealkylation sites (tertiary alicyclic amines) is 1. The van der Waals surface area contributed by atoms with E-state index >= 15 is 0 Å². The van der Waals surface area contributed by atoms with Crippen LogP contribution in [-0.4, -0.2) is 67.3 Å². The van der Waals surface area contributed by atoms with Crippen LogP contribution < -0.4 is 4.90 Å². The summed E-state index contributed by atoms with van der Waals surface area (Å²) in [5, 5.41) is 0. The van der Waals surface area contributed by atoms with E-state index in [9.17, 15) is 9.59 Å². The van der Waals surface area contributed by atoms with E-state index in [2.05, 4.69) is 41.0 Å². The standard InChI is InChI=1S/C25H31N3O2/c1-20-6-5-9-23(18-20)27-14-16-28(17-15-27)24(29)19-26-12-10-22(11-13-26)25(30)21-7-3-2-4-8-21/h2-9,18,22H,10-17,19H2,1H3. The Labute approximate surface area is 179 Å². The SMILES string of the molecule is Cc1cccc(N2CCN(C(=O)CN3CCC(C(=O)c4ccccc4)CC3)CC2)c1. The lowest BCUT2D eigenvalue weighted by molar-refractivity contribution is -0.133. The van der Waals surface area contributed by atoms with Gasteiger partial charge in [0, 0.05) is 43.3 Å². The van der Waals surface area contributed by atoms with Crippen molar-refractivity contribution in [3.8, 4) is 0 Å². The molecule has 158 valence electrons. The van der Waals surface area contributed by atoms with Gasteiger partial charge in [-0.3, -0.25) is 14.5 Å². The molecule has 2 aliphatic rings. The molecule has 0 unspecified atom stereocenters. The van der Waals surface area contributed by atoms with Crippen molar-refractivity contribution in [1.82, 2.24) is 9.80 Å². The van der Waals surface area contributed by atoms with E-state index < -0.39 is 0 Å². The molecule has 2 aromatic rings. The fraction of sp³-hybridized carbons (Fsp3) is 0.440. The summed E-state index contributed by atoms with van der Waals surface area (Å²) in [5.74, 6) is 0.539. The van der Waals surface area contributed by atoms with E-state index in [0.717, 1.165) is 57.7 Å². The molecule has 4 rings (SSSR count). The average Bonchev–Trinajstić information content (AvgIpc) is 2.80. The second-order valence-electron chi connectivity index (χ2n) is 8.49. The van der Waals surface area contributed by atoms with Gasteiger partial charge in [0.1, 0.15) is 0 Å². The largest absolute Gasteiger partial charge is 0.368 e. The monoisotopic (exact) mass is 405 g/mol. The molecule has 0 spiro atoms. The first-order valence-corrected chi connectivity index (χ1v) is 11.0. The summed E-state index contributed by atoms with van der Waals surface area (Å²) in [7, 11) is 0. The third-order valence-electron chi connectivity index (χ3n) is 6.37. The van der Waals surface area contributed by atoms with E-state index in [0.29, 0.717) is 6.54 Å². The van der Waals surface area contributed by atoms with Gasteiger partial charge in [0.25, 0.3) is 0 Å². The quantitative estimate of drug-likeness (QED) is 0.717. The van der Waals surface area contributed by atoms with Gasteiger partial charge in [-0.2, -0.15) is 0 Å². The number of ketones is 1. The number of rotatable bonds is 5. The Bertz CT molecular complexity index is 867. The number of Topliss-reactive ketones (excluding diaryl/α,β-unsaturated/α-hetero) is 1. The van der Waals surface area contributed by atoms with E-state index in [1.54, 1.807) is 0 Å². The lowest BCUT2D eigenvalue weighted by Gasteiger charge is -2.38. The molecule has 0 aromatic heterocycles. The molecular formula is C25H31N3O2. The molecule has 0 aliphatic carbocycles. The van der Waals surface area contributed by atoms with E-state index in [1.165, 1.54) is 11.3 Å². The van der Waals surface area contributed by atoms with Crippen molar-refractivity contribution in [2.24, 2.45) is 5.92 Å². The molecule has 5 nitrogen and oxygen atoms in total. The summed E-state index contributed by atoms with van der Waals surface area (Å²) in [6.45, 7) is 7.52. The van der Waals surface area contributed by atoms with Gasteiger partial charge in [-0.1, -0.05) is 42.5 Å². The van der Waals surface area contributed by atoms with Crippen LogP contribution in [0.1, 0.15) is 28.8 Å². The second kappa shape index (κ2) is 9.43. The Balaban J connectivity index is 1.22. The number of anilines is 1. The number of nitrogens with zero attached hydrogens (tertiary/aromatic N) is 3. The number of carbonyl (C=O) groups is 2. The van der Waals surface area contributed by atoms with Crippen LogP contribution in [0.2, 0.25) is 0 Å². The van der Waals surface area contributed by atoms with E-state index in [1.807, 2.05) is 35.2 Å². The van der Waals surface area contributed by atoms with Crippen LogP contribution in [0, 0.1) is 12.8 Å². The van der Waals surface area contributed by atoms with Crippen molar-refractivity contribution >= 4 is 17.4 Å². The fourth-order valence-electron chi connectivity index (χ4n) is 4.52. The zero-order valence-electron chi connectivity index (χ0n) is 17.8. The van der Waals surface area contributed by atoms with Crippen molar-refractivity contribution in [3.05, 3.63) is 65.7 Å². The average molecular weight is 406 g/mol. The van der Waals surface area contributed by atoms with Gasteiger partial charge in [0.2, 0.25) is 5.91 Å². The van der Waals surface area contributed by atoms with Crippen LogP contribution >= 0.6 is 0 Å². The number of hydrogen-bond donors (Lipinski definition) is 0. The fourth-order valence-corrected chi connectivity index (χ4v) is 4.52.